The summed E-state index contributed by atoms with van der Waals surface area (Å²) in [5.41, 5.74) is 3.50. The number of amides is 1. The van der Waals surface area contributed by atoms with Crippen LogP contribution in [0.2, 0.25) is 0 Å². The summed E-state index contributed by atoms with van der Waals surface area (Å²) in [6, 6.07) is 15.8. The lowest BCUT2D eigenvalue weighted by molar-refractivity contribution is 0.0950. The molecule has 0 spiro atoms. The SMILES string of the molecule is CC1Cc2ccccc2N1Cc1occc1C(=O)NCCCn1nc2ccccn2c1=O. The molecule has 0 aliphatic carbocycles. The van der Waals surface area contributed by atoms with Crippen LogP contribution in [0.25, 0.3) is 5.65 Å². The highest BCUT2D eigenvalue weighted by atomic mass is 16.3. The molecular weight excluding hydrogens is 406 g/mol. The van der Waals surface area contributed by atoms with Gasteiger partial charge in [-0.05, 0) is 49.6 Å². The molecule has 0 saturated carbocycles. The van der Waals surface area contributed by atoms with Gasteiger partial charge in [-0.1, -0.05) is 24.3 Å². The van der Waals surface area contributed by atoms with Crippen LogP contribution in [0.5, 0.6) is 0 Å². The quantitative estimate of drug-likeness (QED) is 0.455. The first-order chi connectivity index (χ1) is 15.6. The lowest BCUT2D eigenvalue weighted by Crippen LogP contribution is -2.31. The lowest BCUT2D eigenvalue weighted by Gasteiger charge is -2.24. The van der Waals surface area contributed by atoms with Crippen molar-refractivity contribution >= 4 is 17.2 Å². The molecule has 1 aliphatic rings. The van der Waals surface area contributed by atoms with Crippen LogP contribution in [0.3, 0.4) is 0 Å². The monoisotopic (exact) mass is 431 g/mol. The number of aryl methyl sites for hydroxylation is 1. The first-order valence-corrected chi connectivity index (χ1v) is 10.8. The van der Waals surface area contributed by atoms with Crippen LogP contribution >= 0.6 is 0 Å². The Labute approximate surface area is 185 Å². The van der Waals surface area contributed by atoms with Crippen LogP contribution in [0.1, 0.15) is 35.0 Å². The number of para-hydroxylation sites is 1. The van der Waals surface area contributed by atoms with Gasteiger partial charge in [0.1, 0.15) is 5.76 Å². The van der Waals surface area contributed by atoms with Crippen LogP contribution in [-0.2, 0) is 19.5 Å². The van der Waals surface area contributed by atoms with Gasteiger partial charge in [0.25, 0.3) is 5.91 Å². The molecule has 0 radical (unpaired) electrons. The Hall–Kier alpha value is -3.81. The van der Waals surface area contributed by atoms with Gasteiger partial charge in [-0.3, -0.25) is 9.20 Å². The van der Waals surface area contributed by atoms with Crippen molar-refractivity contribution in [1.29, 1.82) is 0 Å². The molecular formula is C24H25N5O3. The normalized spacial score (nSPS) is 15.3. The van der Waals surface area contributed by atoms with Gasteiger partial charge in [0.05, 0.1) is 18.4 Å². The van der Waals surface area contributed by atoms with Gasteiger partial charge in [-0.15, -0.1) is 5.10 Å². The molecule has 0 bridgehead atoms. The van der Waals surface area contributed by atoms with Crippen molar-refractivity contribution in [3.63, 3.8) is 0 Å². The van der Waals surface area contributed by atoms with Crippen molar-refractivity contribution in [2.24, 2.45) is 0 Å². The Morgan fingerprint density at radius 2 is 2.03 bits per heavy atom. The fraction of sp³-hybridized carbons (Fsp3) is 0.292. The van der Waals surface area contributed by atoms with E-state index in [1.54, 1.807) is 30.7 Å². The second-order valence-corrected chi connectivity index (χ2v) is 8.11. The molecule has 1 amide bonds. The molecule has 4 heterocycles. The minimum absolute atomic E-state index is 0.170. The Morgan fingerprint density at radius 3 is 2.91 bits per heavy atom. The van der Waals surface area contributed by atoms with E-state index in [-0.39, 0.29) is 11.6 Å². The molecule has 1 aromatic carbocycles. The molecule has 1 unspecified atom stereocenters. The molecule has 8 heteroatoms. The zero-order valence-corrected chi connectivity index (χ0v) is 17.9. The second-order valence-electron chi connectivity index (χ2n) is 8.11. The first kappa shape index (κ1) is 20.1. The van der Waals surface area contributed by atoms with Gasteiger partial charge in [0.2, 0.25) is 0 Å². The van der Waals surface area contributed by atoms with Crippen LogP contribution in [0.15, 0.2) is 70.2 Å². The van der Waals surface area contributed by atoms with E-state index in [9.17, 15) is 9.59 Å². The molecule has 4 aromatic rings. The zero-order chi connectivity index (χ0) is 22.1. The van der Waals surface area contributed by atoms with Crippen LogP contribution in [0.4, 0.5) is 5.69 Å². The van der Waals surface area contributed by atoms with Crippen molar-refractivity contribution in [3.8, 4) is 0 Å². The maximum absolute atomic E-state index is 12.8. The molecule has 0 fully saturated rings. The van der Waals surface area contributed by atoms with E-state index >= 15 is 0 Å². The molecule has 32 heavy (non-hydrogen) atoms. The third-order valence-corrected chi connectivity index (χ3v) is 5.97. The fourth-order valence-corrected chi connectivity index (χ4v) is 4.33. The number of fused-ring (bicyclic) bond motifs is 2. The molecule has 0 saturated heterocycles. The number of pyridine rings is 1. The number of nitrogens with one attached hydrogen (secondary N) is 1. The highest BCUT2D eigenvalue weighted by Gasteiger charge is 2.27. The Kier molecular flexibility index (Phi) is 5.26. The summed E-state index contributed by atoms with van der Waals surface area (Å²) in [5, 5.41) is 7.25. The zero-order valence-electron chi connectivity index (χ0n) is 17.9. The highest BCUT2D eigenvalue weighted by Crippen LogP contribution is 2.33. The third-order valence-electron chi connectivity index (χ3n) is 5.97. The van der Waals surface area contributed by atoms with E-state index in [0.29, 0.717) is 49.1 Å². The highest BCUT2D eigenvalue weighted by molar-refractivity contribution is 5.95. The van der Waals surface area contributed by atoms with Crippen LogP contribution in [-0.4, -0.2) is 32.7 Å². The molecule has 1 atom stereocenters. The predicted molar refractivity (Wildman–Crippen MR) is 121 cm³/mol. The third kappa shape index (κ3) is 3.68. The molecule has 1 N–H and O–H groups in total. The number of aromatic nitrogens is 3. The van der Waals surface area contributed by atoms with E-state index in [1.807, 2.05) is 12.1 Å². The maximum atomic E-state index is 12.8. The number of rotatable bonds is 7. The Morgan fingerprint density at radius 1 is 1.19 bits per heavy atom. The number of carbonyl (C=O) groups is 1. The van der Waals surface area contributed by atoms with E-state index < -0.39 is 0 Å². The summed E-state index contributed by atoms with van der Waals surface area (Å²) in [6.07, 6.45) is 4.84. The number of carbonyl (C=O) groups excluding carboxylic acids is 1. The summed E-state index contributed by atoms with van der Waals surface area (Å²) >= 11 is 0. The van der Waals surface area contributed by atoms with Crippen molar-refractivity contribution in [2.75, 3.05) is 11.4 Å². The van der Waals surface area contributed by atoms with Crippen LogP contribution < -0.4 is 15.9 Å². The van der Waals surface area contributed by atoms with E-state index in [2.05, 4.69) is 40.4 Å². The minimum Gasteiger partial charge on any atom is -0.467 e. The molecule has 8 nitrogen and oxygen atoms in total. The van der Waals surface area contributed by atoms with Gasteiger partial charge >= 0.3 is 5.69 Å². The maximum Gasteiger partial charge on any atom is 0.350 e. The van der Waals surface area contributed by atoms with Crippen molar-refractivity contribution in [1.82, 2.24) is 19.5 Å². The number of furan rings is 1. The van der Waals surface area contributed by atoms with Gasteiger partial charge in [-0.25, -0.2) is 9.48 Å². The molecule has 164 valence electrons. The lowest BCUT2D eigenvalue weighted by atomic mass is 10.1. The smallest absolute Gasteiger partial charge is 0.350 e. The summed E-state index contributed by atoms with van der Waals surface area (Å²) in [5.74, 6) is 0.485. The van der Waals surface area contributed by atoms with Gasteiger partial charge in [0.15, 0.2) is 5.65 Å². The largest absolute Gasteiger partial charge is 0.467 e. The average Bonchev–Trinajstić information content (AvgIpc) is 3.48. The summed E-state index contributed by atoms with van der Waals surface area (Å²) in [6.45, 7) is 3.60. The summed E-state index contributed by atoms with van der Waals surface area (Å²) in [4.78, 5) is 27.4. The number of anilines is 1. The van der Waals surface area contributed by atoms with E-state index in [0.717, 1.165) is 6.42 Å². The molecule has 1 aliphatic heterocycles. The topological polar surface area (TPSA) is 84.8 Å². The first-order valence-electron chi connectivity index (χ1n) is 10.8. The van der Waals surface area contributed by atoms with E-state index in [4.69, 9.17) is 4.42 Å². The minimum atomic E-state index is -0.177. The van der Waals surface area contributed by atoms with Gasteiger partial charge < -0.3 is 14.6 Å². The summed E-state index contributed by atoms with van der Waals surface area (Å²) in [7, 11) is 0. The van der Waals surface area contributed by atoms with Gasteiger partial charge in [-0.2, -0.15) is 0 Å². The Balaban J connectivity index is 1.20. The van der Waals surface area contributed by atoms with Gasteiger partial charge in [0, 0.05) is 31.0 Å². The van der Waals surface area contributed by atoms with Crippen LogP contribution in [0, 0.1) is 0 Å². The number of nitrogens with zero attached hydrogens (tertiary/aromatic N) is 4. The second kappa shape index (κ2) is 8.37. The van der Waals surface area contributed by atoms with Crippen molar-refractivity contribution < 1.29 is 9.21 Å². The molecule has 5 rings (SSSR count). The van der Waals surface area contributed by atoms with Crippen molar-refractivity contribution in [2.45, 2.75) is 38.9 Å². The Bertz CT molecular complexity index is 1320. The number of hydrogen-bond donors (Lipinski definition) is 1. The fourth-order valence-electron chi connectivity index (χ4n) is 4.33. The van der Waals surface area contributed by atoms with E-state index in [1.165, 1.54) is 20.3 Å². The standard InChI is InChI=1S/C24H25N5O3/c1-17-15-18-7-2-3-8-20(18)28(17)16-21-19(10-14-32-21)23(30)25-11-6-13-29-24(31)27-12-5-4-9-22(27)26-29/h2-5,7-10,12,14,17H,6,11,13,15-16H2,1H3,(H,25,30). The predicted octanol–water partition coefficient (Wildman–Crippen LogP) is 2.86. The number of hydrogen-bond acceptors (Lipinski definition) is 5. The molecule has 3 aromatic heterocycles. The summed E-state index contributed by atoms with van der Waals surface area (Å²) < 4.78 is 8.61. The number of benzene rings is 1. The van der Waals surface area contributed by atoms with Crippen molar-refractivity contribution in [3.05, 3.63) is 88.4 Å². The average molecular weight is 431 g/mol.